The zero-order valence-corrected chi connectivity index (χ0v) is 9.22. The van der Waals surface area contributed by atoms with Gasteiger partial charge in [-0.1, -0.05) is 0 Å². The van der Waals surface area contributed by atoms with Crippen LogP contribution in [0, 0.1) is 0 Å². The van der Waals surface area contributed by atoms with Gasteiger partial charge in [0.05, 0.1) is 11.9 Å². The fraction of sp³-hybridized carbons (Fsp3) is 1.00. The van der Waals surface area contributed by atoms with Crippen molar-refractivity contribution in [3.8, 4) is 0 Å². The molecule has 3 N–H and O–H groups in total. The van der Waals surface area contributed by atoms with Gasteiger partial charge in [-0.3, -0.25) is 0 Å². The molecule has 0 aromatic heterocycles. The number of hydrogen-bond donors (Lipinski definition) is 2. The molecule has 0 aromatic rings. The smallest absolute Gasteiger partial charge is 0.209 e. The third-order valence-electron chi connectivity index (χ3n) is 2.47. The summed E-state index contributed by atoms with van der Waals surface area (Å²) < 4.78 is 26.3. The molecule has 0 saturated heterocycles. The van der Waals surface area contributed by atoms with Gasteiger partial charge in [-0.2, -0.15) is 0 Å². The van der Waals surface area contributed by atoms with Crippen LogP contribution < -0.4 is 10.5 Å². The molecule has 0 spiro atoms. The number of hydrogen-bond acceptors (Lipinski definition) is 4. The van der Waals surface area contributed by atoms with Gasteiger partial charge in [-0.15, -0.1) is 0 Å². The van der Waals surface area contributed by atoms with Crippen molar-refractivity contribution in [2.45, 2.75) is 31.4 Å². The molecular weight excluding hydrogens is 204 g/mol. The summed E-state index contributed by atoms with van der Waals surface area (Å²) in [6.45, 7) is 0.706. The van der Waals surface area contributed by atoms with E-state index in [4.69, 9.17) is 9.88 Å². The summed E-state index contributed by atoms with van der Waals surface area (Å²) in [4.78, 5) is 0. The second-order valence-electron chi connectivity index (χ2n) is 3.70. The monoisotopic (exact) mass is 222 g/mol. The highest BCUT2D eigenvalue weighted by atomic mass is 32.2. The van der Waals surface area contributed by atoms with Crippen LogP contribution in [-0.2, 0) is 14.8 Å². The van der Waals surface area contributed by atoms with Crippen LogP contribution >= 0.6 is 0 Å². The number of nitrogens with one attached hydrogen (secondary N) is 1. The number of sulfonamides is 1. The molecule has 1 fully saturated rings. The van der Waals surface area contributed by atoms with Gasteiger partial charge in [-0.25, -0.2) is 13.6 Å². The average molecular weight is 222 g/mol. The fourth-order valence-electron chi connectivity index (χ4n) is 1.50. The number of ether oxygens (including phenoxy) is 1. The summed E-state index contributed by atoms with van der Waals surface area (Å²) in [6.07, 6.45) is 3.00. The molecular formula is C8H18N2O3S. The van der Waals surface area contributed by atoms with Gasteiger partial charge in [0.15, 0.2) is 0 Å². The zero-order chi connectivity index (χ0) is 10.6. The zero-order valence-electron chi connectivity index (χ0n) is 8.40. The van der Waals surface area contributed by atoms with Crippen LogP contribution in [0.3, 0.4) is 0 Å². The molecule has 0 aliphatic heterocycles. The van der Waals surface area contributed by atoms with Crippen molar-refractivity contribution in [2.75, 3.05) is 19.4 Å². The van der Waals surface area contributed by atoms with E-state index in [0.29, 0.717) is 25.1 Å². The Labute approximate surface area is 85.1 Å². The first kappa shape index (κ1) is 11.9. The summed E-state index contributed by atoms with van der Waals surface area (Å²) in [6, 6.07) is 0.487. The maximum Gasteiger partial charge on any atom is 0.209 e. The summed E-state index contributed by atoms with van der Waals surface area (Å²) in [5.41, 5.74) is 0. The fourth-order valence-corrected chi connectivity index (χ4v) is 2.05. The molecule has 0 atom stereocenters. The minimum atomic E-state index is -3.29. The molecule has 0 aromatic carbocycles. The summed E-state index contributed by atoms with van der Waals surface area (Å²) in [5, 5.41) is 8.12. The van der Waals surface area contributed by atoms with Crippen LogP contribution in [-0.4, -0.2) is 40.0 Å². The Hall–Kier alpha value is -0.170. The Balaban J connectivity index is 1.96. The van der Waals surface area contributed by atoms with Crippen LogP contribution in [0.4, 0.5) is 0 Å². The van der Waals surface area contributed by atoms with Crippen molar-refractivity contribution in [3.63, 3.8) is 0 Å². The summed E-state index contributed by atoms with van der Waals surface area (Å²) in [5.74, 6) is 0.0560. The molecule has 14 heavy (non-hydrogen) atoms. The van der Waals surface area contributed by atoms with Gasteiger partial charge in [-0.05, 0) is 25.8 Å². The van der Waals surface area contributed by atoms with E-state index in [-0.39, 0.29) is 5.75 Å². The molecule has 0 bridgehead atoms. The predicted molar refractivity (Wildman–Crippen MR) is 54.4 cm³/mol. The Morgan fingerprint density at radius 2 is 2.14 bits per heavy atom. The van der Waals surface area contributed by atoms with Crippen LogP contribution in [0.2, 0.25) is 0 Å². The van der Waals surface area contributed by atoms with Gasteiger partial charge >= 0.3 is 0 Å². The standard InChI is InChI=1S/C8H18N2O3S/c1-13-8-5-7(6-8)10-3-2-4-14(9,11)12/h7-8,10H,2-6H2,1H3,(H2,9,11,12). The lowest BCUT2D eigenvalue weighted by molar-refractivity contribution is 0.0176. The highest BCUT2D eigenvalue weighted by molar-refractivity contribution is 7.89. The molecule has 0 unspecified atom stereocenters. The van der Waals surface area contributed by atoms with Gasteiger partial charge in [0, 0.05) is 13.2 Å². The third kappa shape index (κ3) is 4.36. The molecule has 6 heteroatoms. The second-order valence-corrected chi connectivity index (χ2v) is 5.43. The third-order valence-corrected chi connectivity index (χ3v) is 3.32. The summed E-state index contributed by atoms with van der Waals surface area (Å²) >= 11 is 0. The molecule has 1 aliphatic rings. The lowest BCUT2D eigenvalue weighted by Gasteiger charge is -2.34. The number of methoxy groups -OCH3 is 1. The predicted octanol–water partition coefficient (Wildman–Crippen LogP) is -0.568. The Morgan fingerprint density at radius 1 is 1.50 bits per heavy atom. The number of nitrogens with two attached hydrogens (primary N) is 1. The van der Waals surface area contributed by atoms with E-state index >= 15 is 0 Å². The van der Waals surface area contributed by atoms with E-state index in [0.717, 1.165) is 12.8 Å². The van der Waals surface area contributed by atoms with Gasteiger partial charge in [0.25, 0.3) is 0 Å². The van der Waals surface area contributed by atoms with Crippen molar-refractivity contribution in [1.82, 2.24) is 5.32 Å². The van der Waals surface area contributed by atoms with Crippen molar-refractivity contribution in [3.05, 3.63) is 0 Å². The second kappa shape index (κ2) is 5.06. The lowest BCUT2D eigenvalue weighted by Crippen LogP contribution is -2.45. The first-order valence-electron chi connectivity index (χ1n) is 4.78. The van der Waals surface area contributed by atoms with Gasteiger partial charge in [0.2, 0.25) is 10.0 Å². The minimum Gasteiger partial charge on any atom is -0.381 e. The van der Waals surface area contributed by atoms with E-state index in [1.165, 1.54) is 0 Å². The van der Waals surface area contributed by atoms with Crippen molar-refractivity contribution in [2.24, 2.45) is 5.14 Å². The van der Waals surface area contributed by atoms with Gasteiger partial charge < -0.3 is 10.1 Å². The Kier molecular flexibility index (Phi) is 4.31. The van der Waals surface area contributed by atoms with E-state index in [1.807, 2.05) is 0 Å². The maximum atomic E-state index is 10.6. The normalized spacial score (nSPS) is 27.3. The molecule has 0 amide bonds. The average Bonchev–Trinajstić information content (AvgIpc) is 1.98. The molecule has 84 valence electrons. The quantitative estimate of drug-likeness (QED) is 0.590. The van der Waals surface area contributed by atoms with Crippen molar-refractivity contribution < 1.29 is 13.2 Å². The van der Waals surface area contributed by atoms with E-state index < -0.39 is 10.0 Å². The topological polar surface area (TPSA) is 81.4 Å². The molecule has 5 nitrogen and oxygen atoms in total. The van der Waals surface area contributed by atoms with E-state index in [9.17, 15) is 8.42 Å². The first-order valence-corrected chi connectivity index (χ1v) is 6.49. The molecule has 0 radical (unpaired) electrons. The maximum absolute atomic E-state index is 10.6. The lowest BCUT2D eigenvalue weighted by atomic mass is 9.89. The van der Waals surface area contributed by atoms with Crippen LogP contribution in [0.25, 0.3) is 0 Å². The number of rotatable bonds is 6. The van der Waals surface area contributed by atoms with E-state index in [1.54, 1.807) is 7.11 Å². The first-order chi connectivity index (χ1) is 6.51. The van der Waals surface area contributed by atoms with Crippen LogP contribution in [0.15, 0.2) is 0 Å². The Morgan fingerprint density at radius 3 is 2.64 bits per heavy atom. The largest absolute Gasteiger partial charge is 0.381 e. The van der Waals surface area contributed by atoms with Crippen LogP contribution in [0.5, 0.6) is 0 Å². The number of primary sulfonamides is 1. The molecule has 1 saturated carbocycles. The van der Waals surface area contributed by atoms with Gasteiger partial charge in [0.1, 0.15) is 0 Å². The molecule has 1 aliphatic carbocycles. The SMILES string of the molecule is COC1CC(NCCCS(N)(=O)=O)C1. The Bertz CT molecular complexity index is 260. The minimum absolute atomic E-state index is 0.0560. The summed E-state index contributed by atoms with van der Waals surface area (Å²) in [7, 11) is -1.58. The molecule has 1 rings (SSSR count). The van der Waals surface area contributed by atoms with Crippen molar-refractivity contribution in [1.29, 1.82) is 0 Å². The van der Waals surface area contributed by atoms with Crippen molar-refractivity contribution >= 4 is 10.0 Å². The van der Waals surface area contributed by atoms with E-state index in [2.05, 4.69) is 5.32 Å². The molecule has 0 heterocycles. The van der Waals surface area contributed by atoms with Crippen LogP contribution in [0.1, 0.15) is 19.3 Å². The highest BCUT2D eigenvalue weighted by Crippen LogP contribution is 2.22. The highest BCUT2D eigenvalue weighted by Gasteiger charge is 2.27.